The van der Waals surface area contributed by atoms with Crippen LogP contribution in [0.2, 0.25) is 0 Å². The fourth-order valence-corrected chi connectivity index (χ4v) is 6.57. The minimum absolute atomic E-state index is 0.213. The molecule has 2 N–H and O–H groups in total. The zero-order valence-corrected chi connectivity index (χ0v) is 27.5. The molecule has 3 aromatic rings. The summed E-state index contributed by atoms with van der Waals surface area (Å²) < 4.78 is 5.18. The number of alkyl carbamates (subject to hydrolysis) is 1. The van der Waals surface area contributed by atoms with E-state index in [1.807, 2.05) is 5.38 Å². The van der Waals surface area contributed by atoms with Crippen molar-refractivity contribution in [1.29, 1.82) is 0 Å². The average Bonchev–Trinajstić information content (AvgIpc) is 3.40. The number of thioether (sulfide) groups is 1. The lowest BCUT2D eigenvalue weighted by Crippen LogP contribution is -2.44. The Morgan fingerprint density at radius 2 is 1.69 bits per heavy atom. The number of carboxylic acid groups (broad SMARTS) is 1. The summed E-state index contributed by atoms with van der Waals surface area (Å²) in [5, 5.41) is 14.9. The third-order valence-corrected chi connectivity index (χ3v) is 9.04. The van der Waals surface area contributed by atoms with Gasteiger partial charge in [0.25, 0.3) is 0 Å². The second-order valence-electron chi connectivity index (χ2n) is 11.7. The Balaban J connectivity index is 1.58. The van der Waals surface area contributed by atoms with Crippen molar-refractivity contribution in [2.75, 3.05) is 10.7 Å². The molecule has 1 atom stereocenters. The van der Waals surface area contributed by atoms with Gasteiger partial charge >= 0.3 is 12.1 Å². The molecule has 1 aromatic heterocycles. The molecule has 42 heavy (non-hydrogen) atoms. The van der Waals surface area contributed by atoms with Gasteiger partial charge in [0.2, 0.25) is 0 Å². The number of thiazole rings is 1. The molecule has 0 aliphatic carbocycles. The molecule has 2 aromatic carbocycles. The smallest absolute Gasteiger partial charge is 0.408 e. The summed E-state index contributed by atoms with van der Waals surface area (Å²) in [6, 6.07) is 16.9. The minimum Gasteiger partial charge on any atom is -0.480 e. The predicted molar refractivity (Wildman–Crippen MR) is 176 cm³/mol. The van der Waals surface area contributed by atoms with E-state index in [4.69, 9.17) is 9.72 Å². The number of carboxylic acids is 1. The number of carbonyl (C=O) groups is 2. The SMILES string of the molecule is CCC(CC)c1ccc(N(Cc2ccc(-c3csc(CSCC(NC(=O)OC(C)(C)C)C(=O)O)n3)cc2)C(C)C)cc1. The fraction of sp³-hybridized carbons (Fsp3) is 0.485. The van der Waals surface area contributed by atoms with Crippen LogP contribution in [0.3, 0.4) is 0 Å². The highest BCUT2D eigenvalue weighted by Crippen LogP contribution is 2.29. The van der Waals surface area contributed by atoms with Crippen LogP contribution in [0, 0.1) is 0 Å². The molecule has 1 heterocycles. The number of nitrogens with one attached hydrogen (secondary N) is 1. The molecule has 3 rings (SSSR count). The van der Waals surface area contributed by atoms with E-state index in [1.54, 1.807) is 32.1 Å². The number of rotatable bonds is 14. The Hall–Kier alpha value is -3.04. The van der Waals surface area contributed by atoms with Crippen molar-refractivity contribution in [2.24, 2.45) is 0 Å². The number of nitrogens with zero attached hydrogens (tertiary/aromatic N) is 2. The lowest BCUT2D eigenvalue weighted by atomic mass is 9.94. The fourth-order valence-electron chi connectivity index (χ4n) is 4.65. The first-order chi connectivity index (χ1) is 19.9. The Morgan fingerprint density at radius 3 is 2.24 bits per heavy atom. The van der Waals surface area contributed by atoms with Gasteiger partial charge in [-0.2, -0.15) is 11.8 Å². The van der Waals surface area contributed by atoms with Gasteiger partial charge in [0.1, 0.15) is 16.7 Å². The molecule has 0 aliphatic heterocycles. The summed E-state index contributed by atoms with van der Waals surface area (Å²) in [5.41, 5.74) is 5.14. The van der Waals surface area contributed by atoms with E-state index < -0.39 is 23.7 Å². The molecule has 0 saturated carbocycles. The average molecular weight is 612 g/mol. The molecular formula is C33H45N3O4S2. The zero-order chi connectivity index (χ0) is 30.9. The molecule has 0 saturated heterocycles. The Kier molecular flexibility index (Phi) is 12.3. The first kappa shape index (κ1) is 33.5. The zero-order valence-electron chi connectivity index (χ0n) is 25.8. The maximum Gasteiger partial charge on any atom is 0.408 e. The van der Waals surface area contributed by atoms with Gasteiger partial charge in [-0.15, -0.1) is 11.3 Å². The first-order valence-electron chi connectivity index (χ1n) is 14.6. The highest BCUT2D eigenvalue weighted by atomic mass is 32.2. The van der Waals surface area contributed by atoms with Crippen molar-refractivity contribution in [1.82, 2.24) is 10.3 Å². The van der Waals surface area contributed by atoms with Crippen molar-refractivity contribution < 1.29 is 19.4 Å². The van der Waals surface area contributed by atoms with E-state index in [1.165, 1.54) is 28.6 Å². The number of anilines is 1. The standard InChI is InChI=1S/C33H45N3O4S2/c1-8-24(9-2)25-14-16-27(17-15-25)36(22(3)4)18-23-10-12-26(13-11-23)28-20-42-30(34-28)21-41-19-29(31(37)38)35-32(39)40-33(5,6)7/h10-17,20,22,24,29H,8-9,18-19,21H2,1-7H3,(H,35,39)(H,37,38). The largest absolute Gasteiger partial charge is 0.480 e. The number of aromatic nitrogens is 1. The van der Waals surface area contributed by atoms with Gasteiger partial charge in [-0.25, -0.2) is 14.6 Å². The molecular weight excluding hydrogens is 567 g/mol. The van der Waals surface area contributed by atoms with Crippen LogP contribution in [0.15, 0.2) is 53.9 Å². The number of carbonyl (C=O) groups excluding carboxylic acids is 1. The second-order valence-corrected chi connectivity index (χ2v) is 13.7. The van der Waals surface area contributed by atoms with Gasteiger partial charge in [-0.05, 0) is 76.6 Å². The summed E-state index contributed by atoms with van der Waals surface area (Å²) in [7, 11) is 0. The van der Waals surface area contributed by atoms with E-state index in [0.29, 0.717) is 17.7 Å². The Morgan fingerprint density at radius 1 is 1.05 bits per heavy atom. The van der Waals surface area contributed by atoms with Gasteiger partial charge in [0, 0.05) is 40.7 Å². The summed E-state index contributed by atoms with van der Waals surface area (Å²) in [5.74, 6) is 0.294. The molecule has 0 spiro atoms. The minimum atomic E-state index is -1.09. The Labute approximate surface area is 259 Å². The summed E-state index contributed by atoms with van der Waals surface area (Å²) >= 11 is 2.97. The van der Waals surface area contributed by atoms with Crippen LogP contribution >= 0.6 is 23.1 Å². The van der Waals surface area contributed by atoms with Crippen molar-refractivity contribution in [3.05, 3.63) is 70.0 Å². The predicted octanol–water partition coefficient (Wildman–Crippen LogP) is 8.34. The number of hydrogen-bond acceptors (Lipinski definition) is 7. The summed E-state index contributed by atoms with van der Waals surface area (Å²) in [4.78, 5) is 30.8. The maximum absolute atomic E-state index is 12.0. The van der Waals surface area contributed by atoms with Crippen LogP contribution < -0.4 is 10.2 Å². The van der Waals surface area contributed by atoms with Gasteiger partial charge < -0.3 is 20.1 Å². The lowest BCUT2D eigenvalue weighted by Gasteiger charge is -2.30. The van der Waals surface area contributed by atoms with Crippen molar-refractivity contribution in [3.8, 4) is 11.3 Å². The molecule has 0 bridgehead atoms. The van der Waals surface area contributed by atoms with Gasteiger partial charge in [0.05, 0.1) is 5.69 Å². The van der Waals surface area contributed by atoms with Gasteiger partial charge in [-0.1, -0.05) is 50.2 Å². The quantitative estimate of drug-likeness (QED) is 0.189. The second kappa shape index (κ2) is 15.4. The number of aliphatic carboxylic acids is 1. The number of ether oxygens (including phenoxy) is 1. The normalized spacial score (nSPS) is 12.4. The number of hydrogen-bond donors (Lipinski definition) is 2. The molecule has 0 fully saturated rings. The third-order valence-electron chi connectivity index (χ3n) is 6.96. The number of benzene rings is 2. The van der Waals surface area contributed by atoms with Crippen LogP contribution in [-0.4, -0.2) is 45.6 Å². The highest BCUT2D eigenvalue weighted by molar-refractivity contribution is 7.98. The molecule has 0 aliphatic rings. The summed E-state index contributed by atoms with van der Waals surface area (Å²) in [6.45, 7) is 15.0. The first-order valence-corrected chi connectivity index (χ1v) is 16.6. The van der Waals surface area contributed by atoms with E-state index in [-0.39, 0.29) is 5.75 Å². The van der Waals surface area contributed by atoms with E-state index in [0.717, 1.165) is 35.7 Å². The van der Waals surface area contributed by atoms with Gasteiger partial charge in [-0.3, -0.25) is 0 Å². The van der Waals surface area contributed by atoms with Crippen LogP contribution in [0.5, 0.6) is 0 Å². The molecule has 228 valence electrons. The van der Waals surface area contributed by atoms with E-state index in [9.17, 15) is 14.7 Å². The van der Waals surface area contributed by atoms with Crippen molar-refractivity contribution >= 4 is 40.8 Å². The third kappa shape index (κ3) is 10.1. The highest BCUT2D eigenvalue weighted by Gasteiger charge is 2.24. The topological polar surface area (TPSA) is 91.8 Å². The van der Waals surface area contributed by atoms with Crippen LogP contribution in [-0.2, 0) is 21.8 Å². The van der Waals surface area contributed by atoms with Crippen LogP contribution in [0.1, 0.15) is 83.4 Å². The molecule has 0 radical (unpaired) electrons. The maximum atomic E-state index is 12.0. The molecule has 1 unspecified atom stereocenters. The number of amides is 1. The monoisotopic (exact) mass is 611 g/mol. The van der Waals surface area contributed by atoms with E-state index >= 15 is 0 Å². The van der Waals surface area contributed by atoms with Crippen LogP contribution in [0.4, 0.5) is 10.5 Å². The van der Waals surface area contributed by atoms with Gasteiger partial charge in [0.15, 0.2) is 0 Å². The molecule has 7 nitrogen and oxygen atoms in total. The summed E-state index contributed by atoms with van der Waals surface area (Å²) in [6.07, 6.45) is 1.59. The van der Waals surface area contributed by atoms with Crippen molar-refractivity contribution in [2.45, 2.75) is 97.2 Å². The lowest BCUT2D eigenvalue weighted by molar-refractivity contribution is -0.138. The van der Waals surface area contributed by atoms with E-state index in [2.05, 4.69) is 86.4 Å². The van der Waals surface area contributed by atoms with Crippen LogP contribution in [0.25, 0.3) is 11.3 Å². The van der Waals surface area contributed by atoms with Crippen molar-refractivity contribution in [3.63, 3.8) is 0 Å². The molecule has 1 amide bonds. The molecule has 9 heteroatoms. The Bertz CT molecular complexity index is 1280.